The SMILES string of the molecule is CC(C)C[C@@H]1COCC(=O)N1. The van der Waals surface area contributed by atoms with Crippen LogP contribution in [0.25, 0.3) is 0 Å². The minimum Gasteiger partial charge on any atom is -0.370 e. The Morgan fingerprint density at radius 2 is 2.45 bits per heavy atom. The Balaban J connectivity index is 2.28. The summed E-state index contributed by atoms with van der Waals surface area (Å²) in [5, 5.41) is 2.88. The largest absolute Gasteiger partial charge is 0.370 e. The van der Waals surface area contributed by atoms with Crippen LogP contribution in [-0.4, -0.2) is 25.2 Å². The van der Waals surface area contributed by atoms with Gasteiger partial charge in [-0.25, -0.2) is 0 Å². The van der Waals surface area contributed by atoms with Crippen molar-refractivity contribution in [1.29, 1.82) is 0 Å². The fourth-order valence-corrected chi connectivity index (χ4v) is 1.30. The molecule has 1 amide bonds. The van der Waals surface area contributed by atoms with Crippen molar-refractivity contribution >= 4 is 5.91 Å². The summed E-state index contributed by atoms with van der Waals surface area (Å²) >= 11 is 0. The predicted molar refractivity (Wildman–Crippen MR) is 42.2 cm³/mol. The third-order valence-electron chi connectivity index (χ3n) is 1.67. The molecule has 1 aliphatic heterocycles. The van der Waals surface area contributed by atoms with Crippen molar-refractivity contribution < 1.29 is 9.53 Å². The number of rotatable bonds is 2. The van der Waals surface area contributed by atoms with Crippen LogP contribution in [0.15, 0.2) is 0 Å². The minimum atomic E-state index is 0.0156. The molecule has 0 aromatic heterocycles. The predicted octanol–water partition coefficient (Wildman–Crippen LogP) is 0.547. The Hall–Kier alpha value is -0.570. The third-order valence-corrected chi connectivity index (χ3v) is 1.67. The van der Waals surface area contributed by atoms with Crippen molar-refractivity contribution in [1.82, 2.24) is 5.32 Å². The molecule has 3 nitrogen and oxygen atoms in total. The van der Waals surface area contributed by atoms with Crippen LogP contribution in [0.1, 0.15) is 20.3 Å². The lowest BCUT2D eigenvalue weighted by molar-refractivity contribution is -0.131. The van der Waals surface area contributed by atoms with Gasteiger partial charge in [-0.1, -0.05) is 13.8 Å². The highest BCUT2D eigenvalue weighted by Gasteiger charge is 2.18. The number of carbonyl (C=O) groups excluding carboxylic acids is 1. The molecule has 1 fully saturated rings. The monoisotopic (exact) mass is 157 g/mol. The quantitative estimate of drug-likeness (QED) is 0.635. The van der Waals surface area contributed by atoms with Crippen molar-refractivity contribution in [3.8, 4) is 0 Å². The Labute approximate surface area is 67.1 Å². The fourth-order valence-electron chi connectivity index (χ4n) is 1.30. The summed E-state index contributed by atoms with van der Waals surface area (Å²) in [5.74, 6) is 0.629. The van der Waals surface area contributed by atoms with E-state index in [9.17, 15) is 4.79 Å². The minimum absolute atomic E-state index is 0.0156. The lowest BCUT2D eigenvalue weighted by Crippen LogP contribution is -2.46. The van der Waals surface area contributed by atoms with E-state index in [0.29, 0.717) is 12.5 Å². The maximum atomic E-state index is 10.8. The molecule has 0 radical (unpaired) electrons. The molecule has 1 saturated heterocycles. The normalized spacial score (nSPS) is 25.4. The van der Waals surface area contributed by atoms with Crippen LogP contribution in [0.3, 0.4) is 0 Å². The van der Waals surface area contributed by atoms with Gasteiger partial charge in [0.2, 0.25) is 5.91 Å². The first-order valence-corrected chi connectivity index (χ1v) is 4.05. The highest BCUT2D eigenvalue weighted by molar-refractivity contribution is 5.78. The van der Waals surface area contributed by atoms with Crippen LogP contribution in [0.4, 0.5) is 0 Å². The fraction of sp³-hybridized carbons (Fsp3) is 0.875. The van der Waals surface area contributed by atoms with E-state index in [1.54, 1.807) is 0 Å². The van der Waals surface area contributed by atoms with E-state index in [2.05, 4.69) is 19.2 Å². The van der Waals surface area contributed by atoms with Crippen molar-refractivity contribution in [2.75, 3.05) is 13.2 Å². The van der Waals surface area contributed by atoms with Crippen molar-refractivity contribution in [2.24, 2.45) is 5.92 Å². The van der Waals surface area contributed by atoms with Gasteiger partial charge >= 0.3 is 0 Å². The van der Waals surface area contributed by atoms with Crippen molar-refractivity contribution in [3.05, 3.63) is 0 Å². The molecule has 0 aromatic carbocycles. The van der Waals surface area contributed by atoms with E-state index in [1.165, 1.54) is 0 Å². The van der Waals surface area contributed by atoms with Gasteiger partial charge in [-0.2, -0.15) is 0 Å². The first-order valence-electron chi connectivity index (χ1n) is 4.05. The lowest BCUT2D eigenvalue weighted by atomic mass is 10.0. The highest BCUT2D eigenvalue weighted by atomic mass is 16.5. The molecule has 64 valence electrons. The van der Waals surface area contributed by atoms with Gasteiger partial charge in [0.15, 0.2) is 0 Å². The van der Waals surface area contributed by atoms with E-state index in [4.69, 9.17) is 4.74 Å². The second-order valence-electron chi connectivity index (χ2n) is 3.41. The zero-order valence-corrected chi connectivity index (χ0v) is 7.09. The van der Waals surface area contributed by atoms with Crippen LogP contribution in [0.2, 0.25) is 0 Å². The number of amides is 1. The van der Waals surface area contributed by atoms with E-state index >= 15 is 0 Å². The van der Waals surface area contributed by atoms with Crippen LogP contribution < -0.4 is 5.32 Å². The Kier molecular flexibility index (Phi) is 2.88. The Morgan fingerprint density at radius 1 is 1.73 bits per heavy atom. The number of nitrogens with one attached hydrogen (secondary N) is 1. The first-order chi connectivity index (χ1) is 5.18. The summed E-state index contributed by atoms with van der Waals surface area (Å²) in [6, 6.07) is 0.233. The summed E-state index contributed by atoms with van der Waals surface area (Å²) in [6.45, 7) is 5.18. The average molecular weight is 157 g/mol. The number of hydrogen-bond donors (Lipinski definition) is 1. The average Bonchev–Trinajstić information content (AvgIpc) is 1.85. The van der Waals surface area contributed by atoms with E-state index in [-0.39, 0.29) is 18.6 Å². The summed E-state index contributed by atoms with van der Waals surface area (Å²) < 4.78 is 5.08. The summed E-state index contributed by atoms with van der Waals surface area (Å²) in [5.41, 5.74) is 0. The first kappa shape index (κ1) is 8.53. The van der Waals surface area contributed by atoms with Gasteiger partial charge in [-0.05, 0) is 12.3 Å². The zero-order chi connectivity index (χ0) is 8.27. The molecule has 0 saturated carbocycles. The van der Waals surface area contributed by atoms with Crippen molar-refractivity contribution in [2.45, 2.75) is 26.3 Å². The Morgan fingerprint density at radius 3 is 3.00 bits per heavy atom. The topological polar surface area (TPSA) is 38.3 Å². The van der Waals surface area contributed by atoms with Gasteiger partial charge in [0.05, 0.1) is 12.6 Å². The lowest BCUT2D eigenvalue weighted by Gasteiger charge is -2.24. The second-order valence-corrected chi connectivity index (χ2v) is 3.41. The molecule has 1 heterocycles. The molecule has 3 heteroatoms. The molecule has 0 bridgehead atoms. The molecule has 1 rings (SSSR count). The van der Waals surface area contributed by atoms with Crippen LogP contribution >= 0.6 is 0 Å². The van der Waals surface area contributed by atoms with Gasteiger partial charge in [0.25, 0.3) is 0 Å². The molecule has 11 heavy (non-hydrogen) atoms. The maximum Gasteiger partial charge on any atom is 0.246 e. The van der Waals surface area contributed by atoms with Gasteiger partial charge in [-0.15, -0.1) is 0 Å². The maximum absolute atomic E-state index is 10.8. The molecule has 1 atom stereocenters. The van der Waals surface area contributed by atoms with Gasteiger partial charge < -0.3 is 10.1 Å². The third kappa shape index (κ3) is 2.89. The molecule has 0 unspecified atom stereocenters. The summed E-state index contributed by atoms with van der Waals surface area (Å²) in [7, 11) is 0. The molecule has 0 aromatic rings. The summed E-state index contributed by atoms with van der Waals surface area (Å²) in [6.07, 6.45) is 1.01. The Bertz CT molecular complexity index is 145. The number of ether oxygens (including phenoxy) is 1. The second kappa shape index (κ2) is 3.72. The standard InChI is InChI=1S/C8H15NO2/c1-6(2)3-7-4-11-5-8(10)9-7/h6-7H,3-5H2,1-2H3,(H,9,10)/t7-/m1/s1. The van der Waals surface area contributed by atoms with Gasteiger partial charge in [0, 0.05) is 0 Å². The number of hydrogen-bond acceptors (Lipinski definition) is 2. The van der Waals surface area contributed by atoms with Gasteiger partial charge in [-0.3, -0.25) is 4.79 Å². The summed E-state index contributed by atoms with van der Waals surface area (Å²) in [4.78, 5) is 10.8. The van der Waals surface area contributed by atoms with Gasteiger partial charge in [0.1, 0.15) is 6.61 Å². The molecular formula is C8H15NO2. The molecule has 0 spiro atoms. The molecule has 0 aliphatic carbocycles. The number of carbonyl (C=O) groups is 1. The van der Waals surface area contributed by atoms with E-state index < -0.39 is 0 Å². The number of morpholine rings is 1. The van der Waals surface area contributed by atoms with E-state index in [0.717, 1.165) is 6.42 Å². The zero-order valence-electron chi connectivity index (χ0n) is 7.09. The highest BCUT2D eigenvalue weighted by Crippen LogP contribution is 2.07. The van der Waals surface area contributed by atoms with Crippen LogP contribution in [-0.2, 0) is 9.53 Å². The van der Waals surface area contributed by atoms with Crippen molar-refractivity contribution in [3.63, 3.8) is 0 Å². The molecule has 1 aliphatic rings. The van der Waals surface area contributed by atoms with Crippen LogP contribution in [0, 0.1) is 5.92 Å². The molecule has 1 N–H and O–H groups in total. The smallest absolute Gasteiger partial charge is 0.246 e. The molecular weight excluding hydrogens is 142 g/mol. The van der Waals surface area contributed by atoms with Crippen LogP contribution in [0.5, 0.6) is 0 Å². The van der Waals surface area contributed by atoms with E-state index in [1.807, 2.05) is 0 Å².